The SMILES string of the molecule is CC1(C)CC1(N)c1ccc(Cl)cc1F. The first-order valence-electron chi connectivity index (χ1n) is 4.61. The lowest BCUT2D eigenvalue weighted by molar-refractivity contribution is 0.483. The molecule has 1 aromatic rings. The summed E-state index contributed by atoms with van der Waals surface area (Å²) in [6, 6.07) is 4.69. The fraction of sp³-hybridized carbons (Fsp3) is 0.455. The van der Waals surface area contributed by atoms with E-state index in [4.69, 9.17) is 17.3 Å². The molecule has 2 rings (SSSR count). The minimum atomic E-state index is -0.512. The largest absolute Gasteiger partial charge is 0.321 e. The molecule has 1 aliphatic carbocycles. The van der Waals surface area contributed by atoms with Crippen LogP contribution in [-0.2, 0) is 5.54 Å². The van der Waals surface area contributed by atoms with E-state index >= 15 is 0 Å². The molecule has 14 heavy (non-hydrogen) atoms. The van der Waals surface area contributed by atoms with Crippen molar-refractivity contribution >= 4 is 11.6 Å². The Morgan fingerprint density at radius 3 is 2.43 bits per heavy atom. The summed E-state index contributed by atoms with van der Waals surface area (Å²) < 4.78 is 13.6. The number of hydrogen-bond acceptors (Lipinski definition) is 1. The van der Waals surface area contributed by atoms with E-state index in [1.807, 2.05) is 13.8 Å². The van der Waals surface area contributed by atoms with Gasteiger partial charge in [0.1, 0.15) is 5.82 Å². The van der Waals surface area contributed by atoms with Crippen LogP contribution >= 0.6 is 11.6 Å². The zero-order valence-corrected chi connectivity index (χ0v) is 9.03. The molecule has 76 valence electrons. The molecule has 1 aromatic carbocycles. The third-order valence-corrected chi connectivity index (χ3v) is 3.45. The molecule has 1 saturated carbocycles. The number of rotatable bonds is 1. The van der Waals surface area contributed by atoms with Crippen molar-refractivity contribution in [2.24, 2.45) is 11.1 Å². The highest BCUT2D eigenvalue weighted by Crippen LogP contribution is 2.60. The highest BCUT2D eigenvalue weighted by molar-refractivity contribution is 6.30. The molecule has 0 aromatic heterocycles. The maximum Gasteiger partial charge on any atom is 0.129 e. The fourth-order valence-electron chi connectivity index (χ4n) is 1.96. The standard InChI is InChI=1S/C11H13ClFN/c1-10(2)6-11(10,14)8-4-3-7(12)5-9(8)13/h3-5H,6,14H2,1-2H3. The van der Waals surface area contributed by atoms with Crippen LogP contribution in [0.5, 0.6) is 0 Å². The van der Waals surface area contributed by atoms with Crippen molar-refractivity contribution in [3.05, 3.63) is 34.6 Å². The van der Waals surface area contributed by atoms with Crippen LogP contribution in [0.15, 0.2) is 18.2 Å². The molecule has 0 amide bonds. The number of benzene rings is 1. The molecule has 0 bridgehead atoms. The van der Waals surface area contributed by atoms with E-state index in [9.17, 15) is 4.39 Å². The normalized spacial score (nSPS) is 28.9. The predicted molar refractivity (Wildman–Crippen MR) is 55.7 cm³/mol. The third kappa shape index (κ3) is 1.25. The lowest BCUT2D eigenvalue weighted by Crippen LogP contribution is -2.26. The maximum absolute atomic E-state index is 13.6. The zero-order chi connectivity index (χ0) is 10.6. The van der Waals surface area contributed by atoms with Crippen molar-refractivity contribution in [2.75, 3.05) is 0 Å². The first kappa shape index (κ1) is 9.94. The van der Waals surface area contributed by atoms with Gasteiger partial charge in [-0.05, 0) is 24.0 Å². The molecule has 0 aliphatic heterocycles. The number of hydrogen-bond donors (Lipinski definition) is 1. The lowest BCUT2D eigenvalue weighted by atomic mass is 9.97. The Labute approximate surface area is 88.1 Å². The van der Waals surface area contributed by atoms with Crippen LogP contribution in [0.25, 0.3) is 0 Å². The summed E-state index contributed by atoms with van der Waals surface area (Å²) in [4.78, 5) is 0. The van der Waals surface area contributed by atoms with E-state index in [0.717, 1.165) is 6.42 Å². The van der Waals surface area contributed by atoms with E-state index in [0.29, 0.717) is 10.6 Å². The highest BCUT2D eigenvalue weighted by Gasteiger charge is 2.60. The van der Waals surface area contributed by atoms with Gasteiger partial charge < -0.3 is 5.73 Å². The van der Waals surface area contributed by atoms with Gasteiger partial charge in [0.25, 0.3) is 0 Å². The van der Waals surface area contributed by atoms with Gasteiger partial charge >= 0.3 is 0 Å². The van der Waals surface area contributed by atoms with Gasteiger partial charge in [-0.25, -0.2) is 4.39 Å². The van der Waals surface area contributed by atoms with E-state index in [1.54, 1.807) is 12.1 Å². The molecular weight excluding hydrogens is 201 g/mol. The van der Waals surface area contributed by atoms with Crippen molar-refractivity contribution in [1.29, 1.82) is 0 Å². The third-order valence-electron chi connectivity index (χ3n) is 3.22. The summed E-state index contributed by atoms with van der Waals surface area (Å²) in [5.41, 5.74) is 6.16. The van der Waals surface area contributed by atoms with Crippen LogP contribution in [0.4, 0.5) is 4.39 Å². The summed E-state index contributed by atoms with van der Waals surface area (Å²) in [5, 5.41) is 0.410. The minimum absolute atomic E-state index is 0.0122. The Bertz CT molecular complexity index is 389. The van der Waals surface area contributed by atoms with Crippen molar-refractivity contribution in [2.45, 2.75) is 25.8 Å². The fourth-order valence-corrected chi connectivity index (χ4v) is 2.12. The molecule has 1 nitrogen and oxygen atoms in total. The van der Waals surface area contributed by atoms with Gasteiger partial charge in [0.05, 0.1) is 0 Å². The van der Waals surface area contributed by atoms with Gasteiger partial charge in [0.15, 0.2) is 0 Å². The molecule has 1 fully saturated rings. The quantitative estimate of drug-likeness (QED) is 0.763. The van der Waals surface area contributed by atoms with Crippen LogP contribution in [0.1, 0.15) is 25.8 Å². The van der Waals surface area contributed by atoms with Crippen molar-refractivity contribution in [1.82, 2.24) is 0 Å². The predicted octanol–water partition coefficient (Wildman–Crippen LogP) is 3.06. The maximum atomic E-state index is 13.6. The van der Waals surface area contributed by atoms with E-state index in [-0.39, 0.29) is 11.2 Å². The van der Waals surface area contributed by atoms with Gasteiger partial charge in [-0.15, -0.1) is 0 Å². The molecule has 0 heterocycles. The average molecular weight is 214 g/mol. The molecule has 0 saturated heterocycles. The topological polar surface area (TPSA) is 26.0 Å². The molecule has 0 spiro atoms. The van der Waals surface area contributed by atoms with E-state index in [1.165, 1.54) is 6.07 Å². The summed E-state index contributed by atoms with van der Waals surface area (Å²) >= 11 is 5.68. The number of nitrogens with two attached hydrogens (primary N) is 1. The Hall–Kier alpha value is -0.600. The zero-order valence-electron chi connectivity index (χ0n) is 8.27. The van der Waals surface area contributed by atoms with Gasteiger partial charge in [-0.2, -0.15) is 0 Å². The Balaban J connectivity index is 2.45. The second kappa shape index (κ2) is 2.71. The Morgan fingerprint density at radius 1 is 1.43 bits per heavy atom. The van der Waals surface area contributed by atoms with E-state index < -0.39 is 5.54 Å². The van der Waals surface area contributed by atoms with Crippen molar-refractivity contribution < 1.29 is 4.39 Å². The Kier molecular flexibility index (Phi) is 1.92. The van der Waals surface area contributed by atoms with Crippen LogP contribution in [0.2, 0.25) is 5.02 Å². The second-order valence-electron chi connectivity index (χ2n) is 4.66. The lowest BCUT2D eigenvalue weighted by Gasteiger charge is -2.16. The summed E-state index contributed by atoms with van der Waals surface area (Å²) in [5.74, 6) is -0.300. The molecule has 1 aliphatic rings. The second-order valence-corrected chi connectivity index (χ2v) is 5.09. The van der Waals surface area contributed by atoms with Crippen LogP contribution < -0.4 is 5.73 Å². The van der Waals surface area contributed by atoms with Crippen molar-refractivity contribution in [3.8, 4) is 0 Å². The van der Waals surface area contributed by atoms with Crippen LogP contribution in [0, 0.1) is 11.2 Å². The first-order valence-corrected chi connectivity index (χ1v) is 4.99. The minimum Gasteiger partial charge on any atom is -0.321 e. The van der Waals surface area contributed by atoms with Gasteiger partial charge in [-0.3, -0.25) is 0 Å². The molecule has 3 heteroatoms. The molecule has 0 radical (unpaired) electrons. The van der Waals surface area contributed by atoms with Gasteiger partial charge in [-0.1, -0.05) is 31.5 Å². The molecule has 1 unspecified atom stereocenters. The van der Waals surface area contributed by atoms with Crippen molar-refractivity contribution in [3.63, 3.8) is 0 Å². The first-order chi connectivity index (χ1) is 6.37. The molecule has 2 N–H and O–H groups in total. The van der Waals surface area contributed by atoms with E-state index in [2.05, 4.69) is 0 Å². The molecular formula is C11H13ClFN. The monoisotopic (exact) mass is 213 g/mol. The van der Waals surface area contributed by atoms with Crippen LogP contribution in [-0.4, -0.2) is 0 Å². The Morgan fingerprint density at radius 2 is 2.00 bits per heavy atom. The summed E-state index contributed by atoms with van der Waals surface area (Å²) in [6.07, 6.45) is 0.818. The average Bonchev–Trinajstić information content (AvgIpc) is 2.50. The van der Waals surface area contributed by atoms with Gasteiger partial charge in [0, 0.05) is 16.1 Å². The van der Waals surface area contributed by atoms with Gasteiger partial charge in [0.2, 0.25) is 0 Å². The van der Waals surface area contributed by atoms with Crippen LogP contribution in [0.3, 0.4) is 0 Å². The number of halogens is 2. The summed E-state index contributed by atoms with van der Waals surface area (Å²) in [6.45, 7) is 4.09. The summed E-state index contributed by atoms with van der Waals surface area (Å²) in [7, 11) is 0. The molecule has 1 atom stereocenters. The highest BCUT2D eigenvalue weighted by atomic mass is 35.5. The smallest absolute Gasteiger partial charge is 0.129 e.